The van der Waals surface area contributed by atoms with Crippen LogP contribution in [-0.2, 0) is 6.54 Å². The van der Waals surface area contributed by atoms with Gasteiger partial charge in [0.15, 0.2) is 0 Å². The van der Waals surface area contributed by atoms with E-state index in [0.717, 1.165) is 12.6 Å². The summed E-state index contributed by atoms with van der Waals surface area (Å²) in [5.74, 6) is 0. The summed E-state index contributed by atoms with van der Waals surface area (Å²) in [4.78, 5) is 4.28. The first-order valence-corrected chi connectivity index (χ1v) is 6.43. The van der Waals surface area contributed by atoms with Gasteiger partial charge in [0.2, 0.25) is 0 Å². The molecule has 0 bridgehead atoms. The maximum Gasteiger partial charge on any atom is 0.114 e. The van der Waals surface area contributed by atoms with E-state index in [1.807, 2.05) is 12.5 Å². The van der Waals surface area contributed by atoms with Gasteiger partial charge in [0.25, 0.3) is 0 Å². The third-order valence-electron chi connectivity index (χ3n) is 3.48. The van der Waals surface area contributed by atoms with Crippen molar-refractivity contribution >= 4 is 0 Å². The summed E-state index contributed by atoms with van der Waals surface area (Å²) in [5, 5.41) is 5.97. The van der Waals surface area contributed by atoms with Crippen LogP contribution in [0.1, 0.15) is 37.8 Å². The van der Waals surface area contributed by atoms with E-state index in [-0.39, 0.29) is 0 Å². The summed E-state index contributed by atoms with van der Waals surface area (Å²) >= 11 is 0. The third-order valence-corrected chi connectivity index (χ3v) is 3.48. The topological polar surface area (TPSA) is 33.1 Å². The zero-order chi connectivity index (χ0) is 10.8. The number of imidazole rings is 1. The summed E-state index contributed by atoms with van der Waals surface area (Å²) < 4.78 is 2.24. The molecule has 4 nitrogen and oxygen atoms in total. The Kier molecular flexibility index (Phi) is 2.82. The first-order valence-electron chi connectivity index (χ1n) is 6.43. The molecule has 1 aromatic rings. The lowest BCUT2D eigenvalue weighted by molar-refractivity contribution is 0.464. The van der Waals surface area contributed by atoms with Gasteiger partial charge in [0.1, 0.15) is 6.33 Å². The summed E-state index contributed by atoms with van der Waals surface area (Å²) in [5.41, 5.74) is 1.30. The maximum absolute atomic E-state index is 4.28. The molecule has 88 valence electrons. The van der Waals surface area contributed by atoms with Gasteiger partial charge in [-0.15, -0.1) is 0 Å². The number of nitrogens with one attached hydrogen (secondary N) is 1. The first kappa shape index (κ1) is 10.1. The lowest BCUT2D eigenvalue weighted by Crippen LogP contribution is -2.40. The Labute approximate surface area is 96.6 Å². The SMILES string of the molecule is c1ncn(N2CCCCC2)c1CNC1CC1. The second-order valence-corrected chi connectivity index (χ2v) is 4.90. The van der Waals surface area contributed by atoms with Crippen LogP contribution in [0.3, 0.4) is 0 Å². The number of aromatic nitrogens is 2. The Balaban J connectivity index is 1.65. The smallest absolute Gasteiger partial charge is 0.114 e. The second-order valence-electron chi connectivity index (χ2n) is 4.90. The number of hydrogen-bond donors (Lipinski definition) is 1. The molecule has 2 heterocycles. The van der Waals surface area contributed by atoms with Crippen molar-refractivity contribution in [2.75, 3.05) is 18.1 Å². The Morgan fingerprint density at radius 3 is 2.81 bits per heavy atom. The molecule has 0 spiro atoms. The average Bonchev–Trinajstić information content (AvgIpc) is 3.05. The molecule has 4 heteroatoms. The van der Waals surface area contributed by atoms with Gasteiger partial charge in [-0.1, -0.05) is 0 Å². The number of rotatable bonds is 4. The van der Waals surface area contributed by atoms with E-state index in [2.05, 4.69) is 20.0 Å². The zero-order valence-electron chi connectivity index (χ0n) is 9.73. The predicted molar refractivity (Wildman–Crippen MR) is 63.9 cm³/mol. The molecule has 1 aliphatic carbocycles. The van der Waals surface area contributed by atoms with Crippen molar-refractivity contribution < 1.29 is 0 Å². The standard InChI is InChI=1S/C12H20N4/c1-2-6-15(7-3-1)16-10-13-8-12(16)9-14-11-4-5-11/h8,10-11,14H,1-7,9H2. The number of piperidine rings is 1. The predicted octanol–water partition coefficient (Wildman–Crippen LogP) is 1.26. The highest BCUT2D eigenvalue weighted by molar-refractivity contribution is 5.05. The molecule has 1 aliphatic heterocycles. The number of hydrogen-bond acceptors (Lipinski definition) is 3. The first-order chi connectivity index (χ1) is 7.93. The van der Waals surface area contributed by atoms with Gasteiger partial charge in [-0.25, -0.2) is 9.66 Å². The van der Waals surface area contributed by atoms with Crippen molar-refractivity contribution in [2.45, 2.75) is 44.7 Å². The van der Waals surface area contributed by atoms with Crippen molar-refractivity contribution in [2.24, 2.45) is 0 Å². The van der Waals surface area contributed by atoms with Crippen LogP contribution in [-0.4, -0.2) is 28.8 Å². The van der Waals surface area contributed by atoms with Gasteiger partial charge in [-0.3, -0.25) is 0 Å². The molecule has 0 amide bonds. The minimum Gasteiger partial charge on any atom is -0.312 e. The molecular weight excluding hydrogens is 200 g/mol. The second kappa shape index (κ2) is 4.45. The Hall–Kier alpha value is -1.03. The van der Waals surface area contributed by atoms with E-state index in [1.165, 1.54) is 50.9 Å². The van der Waals surface area contributed by atoms with E-state index in [1.54, 1.807) is 0 Å². The minimum atomic E-state index is 0.768. The minimum absolute atomic E-state index is 0.768. The third kappa shape index (κ3) is 2.21. The van der Waals surface area contributed by atoms with Crippen molar-refractivity contribution in [1.82, 2.24) is 15.0 Å². The van der Waals surface area contributed by atoms with Gasteiger partial charge in [-0.2, -0.15) is 0 Å². The van der Waals surface area contributed by atoms with E-state index >= 15 is 0 Å². The summed E-state index contributed by atoms with van der Waals surface area (Å²) in [6.07, 6.45) is 10.6. The molecule has 2 fully saturated rings. The lowest BCUT2D eigenvalue weighted by atomic mass is 10.2. The highest BCUT2D eigenvalue weighted by Gasteiger charge is 2.21. The van der Waals surface area contributed by atoms with Crippen molar-refractivity contribution in [3.05, 3.63) is 18.2 Å². The van der Waals surface area contributed by atoms with Gasteiger partial charge in [-0.05, 0) is 32.1 Å². The fourth-order valence-corrected chi connectivity index (χ4v) is 2.33. The van der Waals surface area contributed by atoms with E-state index in [0.29, 0.717) is 0 Å². The molecule has 1 saturated heterocycles. The van der Waals surface area contributed by atoms with Gasteiger partial charge < -0.3 is 10.3 Å². The van der Waals surface area contributed by atoms with Crippen LogP contribution in [0.25, 0.3) is 0 Å². The highest BCUT2D eigenvalue weighted by Crippen LogP contribution is 2.19. The quantitative estimate of drug-likeness (QED) is 0.829. The van der Waals surface area contributed by atoms with Crippen LogP contribution in [0.4, 0.5) is 0 Å². The molecule has 1 N–H and O–H groups in total. The largest absolute Gasteiger partial charge is 0.312 e. The van der Waals surface area contributed by atoms with Crippen molar-refractivity contribution in [3.63, 3.8) is 0 Å². The van der Waals surface area contributed by atoms with Crippen molar-refractivity contribution in [3.8, 4) is 0 Å². The fourth-order valence-electron chi connectivity index (χ4n) is 2.33. The van der Waals surface area contributed by atoms with Crippen LogP contribution >= 0.6 is 0 Å². The van der Waals surface area contributed by atoms with Gasteiger partial charge >= 0.3 is 0 Å². The Bertz CT molecular complexity index is 337. The fraction of sp³-hybridized carbons (Fsp3) is 0.750. The Morgan fingerprint density at radius 1 is 1.25 bits per heavy atom. The molecule has 3 rings (SSSR count). The van der Waals surface area contributed by atoms with Gasteiger partial charge in [0, 0.05) is 25.7 Å². The van der Waals surface area contributed by atoms with Crippen molar-refractivity contribution in [1.29, 1.82) is 0 Å². The van der Waals surface area contributed by atoms with Gasteiger partial charge in [0.05, 0.1) is 11.9 Å². The maximum atomic E-state index is 4.28. The average molecular weight is 220 g/mol. The van der Waals surface area contributed by atoms with Crippen LogP contribution in [0, 0.1) is 0 Å². The Morgan fingerprint density at radius 2 is 2.06 bits per heavy atom. The summed E-state index contributed by atoms with van der Waals surface area (Å²) in [6.45, 7) is 3.31. The molecule has 16 heavy (non-hydrogen) atoms. The summed E-state index contributed by atoms with van der Waals surface area (Å²) in [6, 6.07) is 0.768. The molecule has 1 saturated carbocycles. The van der Waals surface area contributed by atoms with E-state index in [4.69, 9.17) is 0 Å². The lowest BCUT2D eigenvalue weighted by Gasteiger charge is -2.30. The molecule has 1 aromatic heterocycles. The molecule has 0 radical (unpaired) electrons. The molecule has 0 atom stereocenters. The number of nitrogens with zero attached hydrogens (tertiary/aromatic N) is 3. The monoisotopic (exact) mass is 220 g/mol. The highest BCUT2D eigenvalue weighted by atomic mass is 15.6. The zero-order valence-corrected chi connectivity index (χ0v) is 9.73. The molecular formula is C12H20N4. The van der Waals surface area contributed by atoms with Crippen LogP contribution in [0.2, 0.25) is 0 Å². The summed E-state index contributed by atoms with van der Waals surface area (Å²) in [7, 11) is 0. The molecule has 0 unspecified atom stereocenters. The normalized spacial score (nSPS) is 21.4. The molecule has 0 aromatic carbocycles. The van der Waals surface area contributed by atoms with E-state index < -0.39 is 0 Å². The van der Waals surface area contributed by atoms with E-state index in [9.17, 15) is 0 Å². The van der Waals surface area contributed by atoms with Crippen LogP contribution < -0.4 is 10.3 Å². The van der Waals surface area contributed by atoms with Crippen LogP contribution in [0.15, 0.2) is 12.5 Å². The van der Waals surface area contributed by atoms with Crippen LogP contribution in [0.5, 0.6) is 0 Å². The molecule has 2 aliphatic rings.